The third kappa shape index (κ3) is 2.09. The molecule has 0 bridgehead atoms. The minimum atomic E-state index is -1.03. The number of carboxylic acids is 1. The number of fused-ring (bicyclic) bond motifs is 3. The zero-order valence-electron chi connectivity index (χ0n) is 12.2. The quantitative estimate of drug-likeness (QED) is 0.678. The molecule has 4 rings (SSSR count). The Hall–Kier alpha value is -3.08. The van der Waals surface area contributed by atoms with Gasteiger partial charge in [0, 0.05) is 17.0 Å². The lowest BCUT2D eigenvalue weighted by atomic mass is 9.77. The van der Waals surface area contributed by atoms with Gasteiger partial charge in [-0.05, 0) is 35.7 Å². The monoisotopic (exact) mass is 306 g/mol. The molecule has 0 saturated heterocycles. The van der Waals surface area contributed by atoms with Crippen LogP contribution < -0.4 is 0 Å². The number of aromatic carboxylic acids is 1. The SMILES string of the molecule is O=C(O)c1n[nH]c2c1CC(c1ccccc1)c1cc(O)ccc1-2. The molecule has 1 heterocycles. The molecule has 5 heteroatoms. The average molecular weight is 306 g/mol. The van der Waals surface area contributed by atoms with Crippen LogP contribution in [-0.2, 0) is 6.42 Å². The van der Waals surface area contributed by atoms with Crippen LogP contribution in [0.3, 0.4) is 0 Å². The number of aromatic nitrogens is 2. The van der Waals surface area contributed by atoms with Gasteiger partial charge in [-0.3, -0.25) is 5.10 Å². The van der Waals surface area contributed by atoms with E-state index < -0.39 is 5.97 Å². The van der Waals surface area contributed by atoms with Gasteiger partial charge in [-0.1, -0.05) is 30.3 Å². The van der Waals surface area contributed by atoms with Crippen LogP contribution in [0.15, 0.2) is 48.5 Å². The molecule has 5 nitrogen and oxygen atoms in total. The summed E-state index contributed by atoms with van der Waals surface area (Å²) in [6, 6.07) is 15.1. The minimum Gasteiger partial charge on any atom is -0.508 e. The molecule has 0 radical (unpaired) electrons. The molecule has 3 N–H and O–H groups in total. The summed E-state index contributed by atoms with van der Waals surface area (Å²) in [5.41, 5.74) is 4.46. The Morgan fingerprint density at radius 1 is 1.17 bits per heavy atom. The summed E-state index contributed by atoms with van der Waals surface area (Å²) < 4.78 is 0. The van der Waals surface area contributed by atoms with Crippen LogP contribution in [0, 0.1) is 0 Å². The number of benzene rings is 2. The standard InChI is InChI=1S/C18H14N2O3/c21-11-6-7-12-14(8-11)13(10-4-2-1-3-5-10)9-15-16(12)19-20-17(15)18(22)23/h1-8,13,21H,9H2,(H,19,20)(H,22,23). The molecule has 1 aliphatic carbocycles. The van der Waals surface area contributed by atoms with E-state index in [1.165, 1.54) is 0 Å². The largest absolute Gasteiger partial charge is 0.508 e. The fourth-order valence-corrected chi connectivity index (χ4v) is 3.33. The van der Waals surface area contributed by atoms with Crippen LogP contribution >= 0.6 is 0 Å². The summed E-state index contributed by atoms with van der Waals surface area (Å²) in [5.74, 6) is -0.843. The first-order valence-electron chi connectivity index (χ1n) is 7.34. The molecule has 1 atom stereocenters. The van der Waals surface area contributed by atoms with E-state index in [4.69, 9.17) is 0 Å². The van der Waals surface area contributed by atoms with Crippen molar-refractivity contribution in [1.82, 2.24) is 10.2 Å². The third-order valence-corrected chi connectivity index (χ3v) is 4.36. The molecule has 1 aliphatic rings. The molecule has 0 fully saturated rings. The molecule has 1 aromatic heterocycles. The number of nitrogens with one attached hydrogen (secondary N) is 1. The molecule has 0 aliphatic heterocycles. The van der Waals surface area contributed by atoms with Crippen molar-refractivity contribution in [3.63, 3.8) is 0 Å². The van der Waals surface area contributed by atoms with E-state index in [9.17, 15) is 15.0 Å². The third-order valence-electron chi connectivity index (χ3n) is 4.36. The topological polar surface area (TPSA) is 86.2 Å². The van der Waals surface area contributed by atoms with E-state index in [1.54, 1.807) is 12.1 Å². The summed E-state index contributed by atoms with van der Waals surface area (Å²) in [6.45, 7) is 0. The second-order valence-corrected chi connectivity index (χ2v) is 5.67. The Morgan fingerprint density at radius 3 is 2.70 bits per heavy atom. The lowest BCUT2D eigenvalue weighted by Crippen LogP contribution is -2.14. The number of aromatic amines is 1. The maximum Gasteiger partial charge on any atom is 0.356 e. The first-order chi connectivity index (χ1) is 11.1. The average Bonchev–Trinajstić information content (AvgIpc) is 2.99. The van der Waals surface area contributed by atoms with E-state index in [-0.39, 0.29) is 17.4 Å². The highest BCUT2D eigenvalue weighted by molar-refractivity contribution is 5.90. The summed E-state index contributed by atoms with van der Waals surface area (Å²) in [5, 5.41) is 26.0. The molecule has 2 aromatic carbocycles. The Labute approximate surface area is 132 Å². The maximum absolute atomic E-state index is 11.4. The van der Waals surface area contributed by atoms with Gasteiger partial charge in [-0.25, -0.2) is 4.79 Å². The van der Waals surface area contributed by atoms with Gasteiger partial charge < -0.3 is 10.2 Å². The lowest BCUT2D eigenvalue weighted by molar-refractivity contribution is 0.0689. The van der Waals surface area contributed by atoms with Gasteiger partial charge in [0.15, 0.2) is 5.69 Å². The van der Waals surface area contributed by atoms with Crippen molar-refractivity contribution < 1.29 is 15.0 Å². The molecule has 23 heavy (non-hydrogen) atoms. The molecule has 1 unspecified atom stereocenters. The van der Waals surface area contributed by atoms with Gasteiger partial charge in [0.1, 0.15) is 5.75 Å². The molecular formula is C18H14N2O3. The van der Waals surface area contributed by atoms with Crippen LogP contribution in [0.25, 0.3) is 11.3 Å². The summed E-state index contributed by atoms with van der Waals surface area (Å²) in [6.07, 6.45) is 0.536. The Balaban J connectivity index is 1.96. The van der Waals surface area contributed by atoms with Crippen molar-refractivity contribution in [2.24, 2.45) is 0 Å². The van der Waals surface area contributed by atoms with Crippen molar-refractivity contribution in [3.8, 4) is 17.0 Å². The maximum atomic E-state index is 11.4. The summed E-state index contributed by atoms with van der Waals surface area (Å²) in [4.78, 5) is 11.4. The van der Waals surface area contributed by atoms with E-state index in [2.05, 4.69) is 10.2 Å². The normalized spacial score (nSPS) is 15.7. The highest BCUT2D eigenvalue weighted by atomic mass is 16.4. The van der Waals surface area contributed by atoms with Crippen LogP contribution in [0.1, 0.15) is 33.1 Å². The number of carboxylic acid groups (broad SMARTS) is 1. The predicted octanol–water partition coefficient (Wildman–Crippen LogP) is 3.17. The van der Waals surface area contributed by atoms with Crippen LogP contribution in [0.2, 0.25) is 0 Å². The highest BCUT2D eigenvalue weighted by Crippen LogP contribution is 2.43. The molecule has 0 saturated carbocycles. The first-order valence-corrected chi connectivity index (χ1v) is 7.34. The van der Waals surface area contributed by atoms with E-state index in [1.807, 2.05) is 36.4 Å². The van der Waals surface area contributed by atoms with Crippen molar-refractivity contribution >= 4 is 5.97 Å². The van der Waals surface area contributed by atoms with Crippen LogP contribution in [0.4, 0.5) is 0 Å². The zero-order valence-corrected chi connectivity index (χ0v) is 12.2. The Bertz CT molecular complexity index is 900. The molecule has 114 valence electrons. The Morgan fingerprint density at radius 2 is 1.96 bits per heavy atom. The van der Waals surface area contributed by atoms with E-state index >= 15 is 0 Å². The van der Waals surface area contributed by atoms with Crippen molar-refractivity contribution in [2.45, 2.75) is 12.3 Å². The van der Waals surface area contributed by atoms with Gasteiger partial charge in [0.2, 0.25) is 0 Å². The summed E-state index contributed by atoms with van der Waals surface area (Å²) >= 11 is 0. The van der Waals surface area contributed by atoms with Crippen molar-refractivity contribution in [3.05, 3.63) is 70.9 Å². The smallest absolute Gasteiger partial charge is 0.356 e. The van der Waals surface area contributed by atoms with Gasteiger partial charge in [0.25, 0.3) is 0 Å². The molecule has 3 aromatic rings. The highest BCUT2D eigenvalue weighted by Gasteiger charge is 2.31. The number of nitrogens with zero attached hydrogens (tertiary/aromatic N) is 1. The van der Waals surface area contributed by atoms with E-state index in [0.717, 1.165) is 22.4 Å². The predicted molar refractivity (Wildman–Crippen MR) is 84.6 cm³/mol. The molecular weight excluding hydrogens is 292 g/mol. The number of hydrogen-bond donors (Lipinski definition) is 3. The van der Waals surface area contributed by atoms with Crippen molar-refractivity contribution in [1.29, 1.82) is 0 Å². The number of aromatic hydroxyl groups is 1. The van der Waals surface area contributed by atoms with Crippen molar-refractivity contribution in [2.75, 3.05) is 0 Å². The van der Waals surface area contributed by atoms with Gasteiger partial charge >= 0.3 is 5.97 Å². The fourth-order valence-electron chi connectivity index (χ4n) is 3.33. The van der Waals surface area contributed by atoms with Crippen LogP contribution in [-0.4, -0.2) is 26.4 Å². The first kappa shape index (κ1) is 13.6. The Kier molecular flexibility index (Phi) is 2.94. The van der Waals surface area contributed by atoms with Gasteiger partial charge in [-0.15, -0.1) is 0 Å². The zero-order chi connectivity index (χ0) is 16.0. The second kappa shape index (κ2) is 4.98. The number of hydrogen-bond acceptors (Lipinski definition) is 3. The lowest BCUT2D eigenvalue weighted by Gasteiger charge is -2.26. The number of rotatable bonds is 2. The van der Waals surface area contributed by atoms with Gasteiger partial charge in [-0.2, -0.15) is 5.10 Å². The number of phenolic OH excluding ortho intramolecular Hbond substituents is 1. The number of H-pyrrole nitrogens is 1. The number of phenols is 1. The van der Waals surface area contributed by atoms with Gasteiger partial charge in [0.05, 0.1) is 5.69 Å². The molecule has 0 spiro atoms. The summed E-state index contributed by atoms with van der Waals surface area (Å²) in [7, 11) is 0. The molecule has 0 amide bonds. The van der Waals surface area contributed by atoms with E-state index in [0.29, 0.717) is 12.0 Å². The van der Waals surface area contributed by atoms with Crippen LogP contribution in [0.5, 0.6) is 5.75 Å². The minimum absolute atomic E-state index is 0.0125. The second-order valence-electron chi connectivity index (χ2n) is 5.67. The fraction of sp³-hybridized carbons (Fsp3) is 0.111. The number of carbonyl (C=O) groups is 1.